The highest BCUT2D eigenvalue weighted by molar-refractivity contribution is 6.02. The van der Waals surface area contributed by atoms with Gasteiger partial charge in [0.1, 0.15) is 6.10 Å². The van der Waals surface area contributed by atoms with Gasteiger partial charge in [0.25, 0.3) is 0 Å². The van der Waals surface area contributed by atoms with Crippen molar-refractivity contribution in [1.82, 2.24) is 0 Å². The maximum absolute atomic E-state index is 12.4. The highest BCUT2D eigenvalue weighted by Gasteiger charge is 2.20. The fourth-order valence-electron chi connectivity index (χ4n) is 2.73. The van der Waals surface area contributed by atoms with Crippen molar-refractivity contribution in [2.75, 3.05) is 0 Å². The van der Waals surface area contributed by atoms with Crippen LogP contribution in [0.25, 0.3) is 0 Å². The predicted octanol–water partition coefficient (Wildman–Crippen LogP) is 5.46. The van der Waals surface area contributed by atoms with Crippen molar-refractivity contribution in [2.24, 2.45) is 0 Å². The monoisotopic (exact) mass is 334 g/mol. The smallest absolute Gasteiger partial charge is 0.339 e. The molecule has 0 spiro atoms. The lowest BCUT2D eigenvalue weighted by atomic mass is 10.0. The van der Waals surface area contributed by atoms with Gasteiger partial charge in [-0.1, -0.05) is 64.5 Å². The summed E-state index contributed by atoms with van der Waals surface area (Å²) in [6.07, 6.45) is 9.49. The van der Waals surface area contributed by atoms with Crippen molar-refractivity contribution in [3.63, 3.8) is 0 Å². The molecule has 0 aliphatic carbocycles. The van der Waals surface area contributed by atoms with E-state index < -0.39 is 11.9 Å². The van der Waals surface area contributed by atoms with E-state index in [0.717, 1.165) is 38.5 Å². The van der Waals surface area contributed by atoms with Crippen LogP contribution < -0.4 is 0 Å². The Labute approximate surface area is 145 Å². The molecule has 0 aliphatic heterocycles. The summed E-state index contributed by atoms with van der Waals surface area (Å²) in [7, 11) is 0. The Morgan fingerprint density at radius 2 is 1.50 bits per heavy atom. The second kappa shape index (κ2) is 11.7. The van der Waals surface area contributed by atoms with E-state index in [1.165, 1.54) is 31.4 Å². The summed E-state index contributed by atoms with van der Waals surface area (Å²) in [6.45, 7) is 4.30. The minimum Gasteiger partial charge on any atom is -0.478 e. The van der Waals surface area contributed by atoms with Crippen molar-refractivity contribution in [2.45, 2.75) is 77.7 Å². The summed E-state index contributed by atoms with van der Waals surface area (Å²) in [5, 5.41) is 9.21. The second-order valence-corrected chi connectivity index (χ2v) is 6.22. The first-order valence-electron chi connectivity index (χ1n) is 9.13. The zero-order valence-electron chi connectivity index (χ0n) is 14.9. The average molecular weight is 334 g/mol. The largest absolute Gasteiger partial charge is 0.478 e. The van der Waals surface area contributed by atoms with Crippen molar-refractivity contribution in [1.29, 1.82) is 0 Å². The lowest BCUT2D eigenvalue weighted by molar-refractivity contribution is 0.0245. The molecule has 1 atom stereocenters. The zero-order chi connectivity index (χ0) is 17.8. The van der Waals surface area contributed by atoms with Crippen LogP contribution in [0.2, 0.25) is 0 Å². The lowest BCUT2D eigenvalue weighted by Crippen LogP contribution is -2.20. The molecule has 0 amide bonds. The van der Waals surface area contributed by atoms with Crippen molar-refractivity contribution in [3.05, 3.63) is 35.4 Å². The molecule has 0 aliphatic rings. The molecule has 0 heterocycles. The number of benzene rings is 1. The first-order chi connectivity index (χ1) is 11.6. The SMILES string of the molecule is CCCCCCCC(CCCC)OC(=O)c1ccccc1C(=O)O. The second-order valence-electron chi connectivity index (χ2n) is 6.22. The number of ether oxygens (including phenoxy) is 1. The minimum atomic E-state index is -1.10. The van der Waals surface area contributed by atoms with Crippen molar-refractivity contribution < 1.29 is 19.4 Å². The standard InChI is InChI=1S/C20H30O4/c1-3-5-7-8-9-13-16(12-6-4-2)24-20(23)18-15-11-10-14-17(18)19(21)22/h10-11,14-16H,3-9,12-13H2,1-2H3,(H,21,22). The van der Waals surface area contributed by atoms with Gasteiger partial charge in [0.05, 0.1) is 11.1 Å². The van der Waals surface area contributed by atoms with E-state index in [9.17, 15) is 14.7 Å². The van der Waals surface area contributed by atoms with Gasteiger partial charge in [-0.2, -0.15) is 0 Å². The van der Waals surface area contributed by atoms with E-state index in [0.29, 0.717) is 0 Å². The Morgan fingerprint density at radius 3 is 2.12 bits per heavy atom. The van der Waals surface area contributed by atoms with Crippen LogP contribution in [0.1, 0.15) is 92.4 Å². The van der Waals surface area contributed by atoms with Crippen LogP contribution in [-0.4, -0.2) is 23.1 Å². The van der Waals surface area contributed by atoms with E-state index in [1.807, 2.05) is 0 Å². The van der Waals surface area contributed by atoms with E-state index in [4.69, 9.17) is 4.74 Å². The molecule has 24 heavy (non-hydrogen) atoms. The van der Waals surface area contributed by atoms with Crippen molar-refractivity contribution >= 4 is 11.9 Å². The van der Waals surface area contributed by atoms with Gasteiger partial charge >= 0.3 is 11.9 Å². The highest BCUT2D eigenvalue weighted by atomic mass is 16.5. The normalized spacial score (nSPS) is 11.9. The topological polar surface area (TPSA) is 63.6 Å². The van der Waals surface area contributed by atoms with Crippen molar-refractivity contribution in [3.8, 4) is 0 Å². The Morgan fingerprint density at radius 1 is 0.917 bits per heavy atom. The molecule has 0 aromatic heterocycles. The summed E-state index contributed by atoms with van der Waals surface area (Å²) in [6, 6.07) is 6.23. The summed E-state index contributed by atoms with van der Waals surface area (Å²) >= 11 is 0. The molecule has 0 bridgehead atoms. The number of unbranched alkanes of at least 4 members (excludes halogenated alkanes) is 5. The molecule has 0 saturated carbocycles. The summed E-state index contributed by atoms with van der Waals surface area (Å²) in [4.78, 5) is 23.6. The molecule has 4 nitrogen and oxygen atoms in total. The quantitative estimate of drug-likeness (QED) is 0.407. The number of aromatic carboxylic acids is 1. The molecule has 0 fully saturated rings. The molecule has 1 rings (SSSR count). The predicted molar refractivity (Wildman–Crippen MR) is 95.5 cm³/mol. The third-order valence-electron chi connectivity index (χ3n) is 4.16. The number of rotatable bonds is 12. The molecular formula is C20H30O4. The maximum Gasteiger partial charge on any atom is 0.339 e. The number of hydrogen-bond donors (Lipinski definition) is 1. The number of carbonyl (C=O) groups is 2. The van der Waals surface area contributed by atoms with Crippen LogP contribution >= 0.6 is 0 Å². The van der Waals surface area contributed by atoms with Gasteiger partial charge in [-0.15, -0.1) is 0 Å². The summed E-state index contributed by atoms with van der Waals surface area (Å²) in [5.41, 5.74) is 0.136. The molecule has 0 saturated heterocycles. The van der Waals surface area contributed by atoms with Gasteiger partial charge in [-0.3, -0.25) is 0 Å². The van der Waals surface area contributed by atoms with Gasteiger partial charge in [0.15, 0.2) is 0 Å². The van der Waals surface area contributed by atoms with Crippen LogP contribution in [0.4, 0.5) is 0 Å². The van der Waals surface area contributed by atoms with Gasteiger partial charge in [0.2, 0.25) is 0 Å². The Bertz CT molecular complexity index is 510. The highest BCUT2D eigenvalue weighted by Crippen LogP contribution is 2.18. The van der Waals surface area contributed by atoms with Crippen LogP contribution in [0.5, 0.6) is 0 Å². The van der Waals surface area contributed by atoms with Crippen LogP contribution in [0.15, 0.2) is 24.3 Å². The average Bonchev–Trinajstić information content (AvgIpc) is 2.59. The molecule has 1 aromatic rings. The Balaban J connectivity index is 2.64. The Hall–Kier alpha value is -1.84. The van der Waals surface area contributed by atoms with E-state index in [1.54, 1.807) is 12.1 Å². The minimum absolute atomic E-state index is 0.000290. The van der Waals surface area contributed by atoms with Gasteiger partial charge in [-0.25, -0.2) is 9.59 Å². The van der Waals surface area contributed by atoms with Crippen LogP contribution in [-0.2, 0) is 4.74 Å². The lowest BCUT2D eigenvalue weighted by Gasteiger charge is -2.18. The first-order valence-corrected chi connectivity index (χ1v) is 9.13. The van der Waals surface area contributed by atoms with E-state index in [2.05, 4.69) is 13.8 Å². The summed E-state index contributed by atoms with van der Waals surface area (Å²) < 4.78 is 5.63. The molecule has 4 heteroatoms. The van der Waals surface area contributed by atoms with E-state index in [-0.39, 0.29) is 17.2 Å². The third-order valence-corrected chi connectivity index (χ3v) is 4.16. The molecule has 134 valence electrons. The zero-order valence-corrected chi connectivity index (χ0v) is 14.9. The Kier molecular flexibility index (Phi) is 9.81. The molecule has 1 aromatic carbocycles. The number of carboxylic acid groups (broad SMARTS) is 1. The molecule has 1 unspecified atom stereocenters. The van der Waals surface area contributed by atoms with Gasteiger partial charge < -0.3 is 9.84 Å². The molecule has 1 N–H and O–H groups in total. The number of carboxylic acids is 1. The fourth-order valence-corrected chi connectivity index (χ4v) is 2.73. The molecule has 0 radical (unpaired) electrons. The fraction of sp³-hybridized carbons (Fsp3) is 0.600. The molecular weight excluding hydrogens is 304 g/mol. The van der Waals surface area contributed by atoms with E-state index >= 15 is 0 Å². The number of hydrogen-bond acceptors (Lipinski definition) is 3. The number of esters is 1. The van der Waals surface area contributed by atoms with Crippen LogP contribution in [0, 0.1) is 0 Å². The third kappa shape index (κ3) is 7.16. The maximum atomic E-state index is 12.4. The van der Waals surface area contributed by atoms with Gasteiger partial charge in [-0.05, 0) is 31.4 Å². The van der Waals surface area contributed by atoms with Gasteiger partial charge in [0, 0.05) is 0 Å². The first kappa shape index (κ1) is 20.2. The van der Waals surface area contributed by atoms with Crippen LogP contribution in [0.3, 0.4) is 0 Å². The summed E-state index contributed by atoms with van der Waals surface area (Å²) in [5.74, 6) is -1.63. The number of carbonyl (C=O) groups excluding carboxylic acids is 1.